The van der Waals surface area contributed by atoms with Gasteiger partial charge in [0.2, 0.25) is 0 Å². The van der Waals surface area contributed by atoms with Gasteiger partial charge in [0.15, 0.2) is 5.82 Å². The van der Waals surface area contributed by atoms with Crippen molar-refractivity contribution in [3.05, 3.63) is 11.9 Å². The number of rotatable bonds is 0. The second kappa shape index (κ2) is 2.81. The smallest absolute Gasteiger partial charge is 0.151 e. The molecule has 2 aliphatic rings. The van der Waals surface area contributed by atoms with Gasteiger partial charge in [-0.1, -0.05) is 0 Å². The number of nitrogens with two attached hydrogens (primary N) is 1. The first-order chi connectivity index (χ1) is 6.86. The summed E-state index contributed by atoms with van der Waals surface area (Å²) in [6, 6.07) is 0. The number of aromatic nitrogens is 2. The first kappa shape index (κ1) is 7.99. The van der Waals surface area contributed by atoms with Crippen molar-refractivity contribution >= 4 is 11.6 Å². The molecule has 0 saturated carbocycles. The van der Waals surface area contributed by atoms with Crippen LogP contribution in [0.15, 0.2) is 6.33 Å². The average molecular weight is 191 g/mol. The van der Waals surface area contributed by atoms with Crippen LogP contribution in [0.1, 0.15) is 24.3 Å². The van der Waals surface area contributed by atoms with Gasteiger partial charge < -0.3 is 5.32 Å². The van der Waals surface area contributed by atoms with Gasteiger partial charge in [-0.05, 0) is 12.8 Å². The Morgan fingerprint density at radius 1 is 1.50 bits per heavy atom. The molecule has 0 fully saturated rings. The topological polar surface area (TPSA) is 67.1 Å². The molecule has 74 valence electrons. The molecule has 2 aliphatic heterocycles. The second-order valence-electron chi connectivity index (χ2n) is 3.88. The molecule has 3 heterocycles. The van der Waals surface area contributed by atoms with Crippen molar-refractivity contribution in [1.29, 1.82) is 0 Å². The van der Waals surface area contributed by atoms with E-state index < -0.39 is 0 Å². The molecule has 1 aromatic heterocycles. The molecule has 0 amide bonds. The van der Waals surface area contributed by atoms with Crippen molar-refractivity contribution in [3.8, 4) is 0 Å². The highest BCUT2D eigenvalue weighted by Crippen LogP contribution is 2.40. The highest BCUT2D eigenvalue weighted by atomic mass is 15.4. The largest absolute Gasteiger partial charge is 0.370 e. The Morgan fingerprint density at radius 3 is 3.36 bits per heavy atom. The summed E-state index contributed by atoms with van der Waals surface area (Å²) >= 11 is 0. The Morgan fingerprint density at radius 2 is 2.43 bits per heavy atom. The van der Waals surface area contributed by atoms with E-state index in [1.165, 1.54) is 18.4 Å². The van der Waals surface area contributed by atoms with Crippen LogP contribution in [0.25, 0.3) is 0 Å². The van der Waals surface area contributed by atoms with Gasteiger partial charge in [0, 0.05) is 24.6 Å². The Bertz CT molecular complexity index is 364. The van der Waals surface area contributed by atoms with Crippen LogP contribution < -0.4 is 16.2 Å². The van der Waals surface area contributed by atoms with E-state index in [2.05, 4.69) is 15.3 Å². The molecule has 0 spiro atoms. The summed E-state index contributed by atoms with van der Waals surface area (Å²) in [6.45, 7) is 1.88. The molecule has 1 unspecified atom stereocenters. The Balaban J connectivity index is 2.17. The molecule has 3 N–H and O–H groups in total. The van der Waals surface area contributed by atoms with Gasteiger partial charge in [0.1, 0.15) is 12.1 Å². The minimum Gasteiger partial charge on any atom is -0.370 e. The second-order valence-corrected chi connectivity index (χ2v) is 3.88. The third kappa shape index (κ3) is 0.988. The third-order valence-corrected chi connectivity index (χ3v) is 2.98. The molecular formula is C9H13N5. The van der Waals surface area contributed by atoms with E-state index in [0.717, 1.165) is 24.7 Å². The lowest BCUT2D eigenvalue weighted by atomic mass is 9.99. The predicted molar refractivity (Wildman–Crippen MR) is 54.0 cm³/mol. The molecule has 0 aliphatic carbocycles. The molecule has 1 aromatic rings. The summed E-state index contributed by atoms with van der Waals surface area (Å²) in [5.74, 6) is 8.27. The quantitative estimate of drug-likeness (QED) is 0.583. The molecule has 14 heavy (non-hydrogen) atoms. The third-order valence-electron chi connectivity index (χ3n) is 2.98. The van der Waals surface area contributed by atoms with Crippen molar-refractivity contribution in [2.45, 2.75) is 18.8 Å². The molecule has 1 atom stereocenters. The minimum absolute atomic E-state index is 0.515. The predicted octanol–water partition coefficient (Wildman–Crippen LogP) is 0.460. The maximum Gasteiger partial charge on any atom is 0.151 e. The molecule has 0 aromatic carbocycles. The summed E-state index contributed by atoms with van der Waals surface area (Å²) in [7, 11) is 0. The van der Waals surface area contributed by atoms with Gasteiger partial charge >= 0.3 is 0 Å². The van der Waals surface area contributed by atoms with Crippen molar-refractivity contribution in [3.63, 3.8) is 0 Å². The SMILES string of the molecule is NN1CC2CCCNc3ncnc1c32. The maximum absolute atomic E-state index is 5.88. The molecule has 5 heteroatoms. The van der Waals surface area contributed by atoms with E-state index >= 15 is 0 Å². The van der Waals surface area contributed by atoms with Gasteiger partial charge in [-0.25, -0.2) is 15.8 Å². The van der Waals surface area contributed by atoms with Crippen LogP contribution >= 0.6 is 0 Å². The average Bonchev–Trinajstić information content (AvgIpc) is 2.41. The van der Waals surface area contributed by atoms with E-state index in [1.807, 2.05) is 0 Å². The summed E-state index contributed by atoms with van der Waals surface area (Å²) in [6.07, 6.45) is 3.93. The van der Waals surface area contributed by atoms with E-state index in [-0.39, 0.29) is 0 Å². The molecular weight excluding hydrogens is 178 g/mol. The summed E-state index contributed by atoms with van der Waals surface area (Å²) in [5, 5.41) is 5.06. The zero-order valence-electron chi connectivity index (χ0n) is 7.90. The van der Waals surface area contributed by atoms with Crippen molar-refractivity contribution in [2.24, 2.45) is 5.84 Å². The van der Waals surface area contributed by atoms with Crippen LogP contribution in [0.4, 0.5) is 11.6 Å². The fourth-order valence-corrected chi connectivity index (χ4v) is 2.34. The van der Waals surface area contributed by atoms with Crippen LogP contribution in [0.3, 0.4) is 0 Å². The lowest BCUT2D eigenvalue weighted by Crippen LogP contribution is -2.30. The number of nitrogens with zero attached hydrogens (tertiary/aromatic N) is 3. The minimum atomic E-state index is 0.515. The molecule has 5 nitrogen and oxygen atoms in total. The number of hydrazine groups is 1. The van der Waals surface area contributed by atoms with Gasteiger partial charge in [0.25, 0.3) is 0 Å². The lowest BCUT2D eigenvalue weighted by molar-refractivity contribution is 0.632. The van der Waals surface area contributed by atoms with E-state index in [9.17, 15) is 0 Å². The highest BCUT2D eigenvalue weighted by Gasteiger charge is 2.32. The molecule has 0 saturated heterocycles. The van der Waals surface area contributed by atoms with Crippen LogP contribution in [0.5, 0.6) is 0 Å². The Kier molecular flexibility index (Phi) is 1.61. The lowest BCUT2D eigenvalue weighted by Gasteiger charge is -2.11. The van der Waals surface area contributed by atoms with Gasteiger partial charge in [0.05, 0.1) is 0 Å². The van der Waals surface area contributed by atoms with Gasteiger partial charge in [-0.3, -0.25) is 5.01 Å². The van der Waals surface area contributed by atoms with Crippen LogP contribution in [0.2, 0.25) is 0 Å². The van der Waals surface area contributed by atoms with Crippen LogP contribution in [-0.2, 0) is 0 Å². The highest BCUT2D eigenvalue weighted by molar-refractivity contribution is 5.64. The zero-order chi connectivity index (χ0) is 9.54. The van der Waals surface area contributed by atoms with E-state index in [0.29, 0.717) is 5.92 Å². The van der Waals surface area contributed by atoms with Gasteiger partial charge in [-0.2, -0.15) is 0 Å². The fraction of sp³-hybridized carbons (Fsp3) is 0.556. The van der Waals surface area contributed by atoms with Crippen molar-refractivity contribution in [1.82, 2.24) is 9.97 Å². The van der Waals surface area contributed by atoms with E-state index in [4.69, 9.17) is 5.84 Å². The summed E-state index contributed by atoms with van der Waals surface area (Å²) in [4.78, 5) is 8.49. The monoisotopic (exact) mass is 191 g/mol. The van der Waals surface area contributed by atoms with Crippen molar-refractivity contribution in [2.75, 3.05) is 23.4 Å². The zero-order valence-corrected chi connectivity index (χ0v) is 7.90. The van der Waals surface area contributed by atoms with Crippen LogP contribution in [0, 0.1) is 0 Å². The van der Waals surface area contributed by atoms with Crippen LogP contribution in [-0.4, -0.2) is 23.1 Å². The van der Waals surface area contributed by atoms with Crippen molar-refractivity contribution < 1.29 is 0 Å². The first-order valence-electron chi connectivity index (χ1n) is 4.97. The number of hydrogen-bond acceptors (Lipinski definition) is 5. The van der Waals surface area contributed by atoms with Gasteiger partial charge in [-0.15, -0.1) is 0 Å². The normalized spacial score (nSPS) is 24.1. The first-order valence-corrected chi connectivity index (χ1v) is 4.97. The molecule has 0 bridgehead atoms. The molecule has 0 radical (unpaired) electrons. The molecule has 3 rings (SSSR count). The number of hydrogen-bond donors (Lipinski definition) is 2. The summed E-state index contributed by atoms with van der Waals surface area (Å²) in [5.41, 5.74) is 1.22. The standard InChI is InChI=1S/C9H13N5/c10-14-4-6-2-1-3-11-8-7(6)9(14)13-5-12-8/h5-6H,1-4,10H2,(H,11,12,13). The van der Waals surface area contributed by atoms with E-state index in [1.54, 1.807) is 11.3 Å². The number of nitrogens with one attached hydrogen (secondary N) is 1. The number of anilines is 2. The fourth-order valence-electron chi connectivity index (χ4n) is 2.34. The summed E-state index contributed by atoms with van der Waals surface area (Å²) < 4.78 is 0. The maximum atomic E-state index is 5.88. The Labute approximate surface area is 82.3 Å². The Hall–Kier alpha value is -1.36.